The van der Waals surface area contributed by atoms with Crippen molar-refractivity contribution >= 4 is 34.0 Å². The van der Waals surface area contributed by atoms with Crippen molar-refractivity contribution < 1.29 is 13.2 Å². The van der Waals surface area contributed by atoms with E-state index in [1.807, 2.05) is 13.8 Å². The van der Waals surface area contributed by atoms with E-state index in [9.17, 15) is 13.2 Å². The number of halogens is 1. The lowest BCUT2D eigenvalue weighted by Crippen LogP contribution is -2.51. The summed E-state index contributed by atoms with van der Waals surface area (Å²) in [6, 6.07) is 5.14. The Balaban J connectivity index is 0.00000225. The van der Waals surface area contributed by atoms with Crippen molar-refractivity contribution in [1.82, 2.24) is 10.0 Å². The number of sulfonamides is 1. The number of piperidine rings is 1. The van der Waals surface area contributed by atoms with Crippen LogP contribution in [0.15, 0.2) is 23.1 Å². The summed E-state index contributed by atoms with van der Waals surface area (Å²) in [5.41, 5.74) is 1.73. The molecule has 8 heteroatoms. The molecule has 1 fully saturated rings. The van der Waals surface area contributed by atoms with Gasteiger partial charge in [-0.2, -0.15) is 0 Å². The van der Waals surface area contributed by atoms with Gasteiger partial charge < -0.3 is 10.2 Å². The largest absolute Gasteiger partial charge is 0.313 e. The Morgan fingerprint density at radius 2 is 2.04 bits per heavy atom. The second-order valence-electron chi connectivity index (χ2n) is 6.85. The number of nitrogens with one attached hydrogen (secondary N) is 2. The Morgan fingerprint density at radius 1 is 1.32 bits per heavy atom. The molecule has 6 nitrogen and oxygen atoms in total. The molecule has 0 bridgehead atoms. The number of amides is 1. The first-order chi connectivity index (χ1) is 11.3. The molecule has 3 unspecified atom stereocenters. The second-order valence-corrected chi connectivity index (χ2v) is 8.56. The predicted molar refractivity (Wildman–Crippen MR) is 101 cm³/mol. The quantitative estimate of drug-likeness (QED) is 0.829. The summed E-state index contributed by atoms with van der Waals surface area (Å²) in [5, 5.41) is 3.30. The number of benzene rings is 1. The van der Waals surface area contributed by atoms with E-state index in [4.69, 9.17) is 0 Å². The molecule has 140 valence electrons. The van der Waals surface area contributed by atoms with Crippen LogP contribution in [0.5, 0.6) is 0 Å². The number of hydrogen-bond acceptors (Lipinski definition) is 4. The van der Waals surface area contributed by atoms with Crippen LogP contribution < -0.4 is 14.9 Å². The lowest BCUT2D eigenvalue weighted by molar-refractivity contribution is -0.116. The molecule has 2 heterocycles. The van der Waals surface area contributed by atoms with Crippen LogP contribution in [0.1, 0.15) is 39.2 Å². The van der Waals surface area contributed by atoms with Gasteiger partial charge in [0.2, 0.25) is 15.9 Å². The van der Waals surface area contributed by atoms with Crippen molar-refractivity contribution in [2.75, 3.05) is 11.4 Å². The molecule has 1 aromatic rings. The van der Waals surface area contributed by atoms with E-state index in [2.05, 4.69) is 10.0 Å². The summed E-state index contributed by atoms with van der Waals surface area (Å²) in [5.74, 6) is -0.0166. The van der Waals surface area contributed by atoms with Crippen LogP contribution in [0.3, 0.4) is 0 Å². The van der Waals surface area contributed by atoms with Crippen molar-refractivity contribution in [3.63, 3.8) is 0 Å². The van der Waals surface area contributed by atoms with Crippen LogP contribution in [0, 0.1) is 0 Å². The molecular formula is C17H26ClN3O3S. The highest BCUT2D eigenvalue weighted by Crippen LogP contribution is 2.34. The van der Waals surface area contributed by atoms with E-state index in [0.29, 0.717) is 6.42 Å². The van der Waals surface area contributed by atoms with Gasteiger partial charge in [0.25, 0.3) is 0 Å². The van der Waals surface area contributed by atoms with E-state index in [0.717, 1.165) is 30.6 Å². The lowest BCUT2D eigenvalue weighted by atomic mass is 10.0. The summed E-state index contributed by atoms with van der Waals surface area (Å²) in [6.45, 7) is 6.44. The summed E-state index contributed by atoms with van der Waals surface area (Å²) in [7, 11) is -3.56. The molecule has 3 rings (SSSR count). The average Bonchev–Trinajstić information content (AvgIpc) is 2.84. The van der Waals surface area contributed by atoms with Crippen molar-refractivity contribution in [3.05, 3.63) is 23.8 Å². The zero-order valence-corrected chi connectivity index (χ0v) is 16.4. The molecule has 0 spiro atoms. The first kappa shape index (κ1) is 20.2. The van der Waals surface area contributed by atoms with Crippen molar-refractivity contribution in [2.24, 2.45) is 0 Å². The van der Waals surface area contributed by atoms with Crippen molar-refractivity contribution in [1.29, 1.82) is 0 Å². The molecule has 0 saturated carbocycles. The smallest absolute Gasteiger partial charge is 0.240 e. The Morgan fingerprint density at radius 3 is 2.68 bits per heavy atom. The predicted octanol–water partition coefficient (Wildman–Crippen LogP) is 1.82. The maximum Gasteiger partial charge on any atom is 0.240 e. The summed E-state index contributed by atoms with van der Waals surface area (Å²) >= 11 is 0. The summed E-state index contributed by atoms with van der Waals surface area (Å²) in [4.78, 5) is 13.8. The number of hydrogen-bond donors (Lipinski definition) is 2. The SMILES string of the molecule is CC(=O)N1c2ccc(S(=O)(=O)NC3CCCNC3C)cc2CC1C.Cl. The first-order valence-corrected chi connectivity index (χ1v) is 9.96. The van der Waals surface area contributed by atoms with E-state index < -0.39 is 10.0 Å². The molecular weight excluding hydrogens is 362 g/mol. The monoisotopic (exact) mass is 387 g/mol. The van der Waals surface area contributed by atoms with Gasteiger partial charge in [-0.15, -0.1) is 12.4 Å². The van der Waals surface area contributed by atoms with Crippen molar-refractivity contribution in [3.8, 4) is 0 Å². The number of anilines is 1. The Labute approximate surface area is 155 Å². The number of rotatable bonds is 3. The molecule has 3 atom stereocenters. The van der Waals surface area contributed by atoms with Gasteiger partial charge in [-0.25, -0.2) is 13.1 Å². The molecule has 0 aromatic heterocycles. The van der Waals surface area contributed by atoms with Crippen LogP contribution in [0.2, 0.25) is 0 Å². The second kappa shape index (κ2) is 7.61. The summed E-state index contributed by atoms with van der Waals surface area (Å²) in [6.07, 6.45) is 2.49. The fourth-order valence-corrected chi connectivity index (χ4v) is 5.13. The number of nitrogens with zero attached hydrogens (tertiary/aromatic N) is 1. The van der Waals surface area contributed by atoms with E-state index in [1.165, 1.54) is 6.92 Å². The maximum absolute atomic E-state index is 12.7. The van der Waals surface area contributed by atoms with E-state index >= 15 is 0 Å². The van der Waals surface area contributed by atoms with Gasteiger partial charge in [0.05, 0.1) is 4.90 Å². The Hall–Kier alpha value is -1.15. The normalized spacial score (nSPS) is 26.0. The van der Waals surface area contributed by atoms with Crippen LogP contribution in [-0.4, -0.2) is 39.0 Å². The van der Waals surface area contributed by atoms with Crippen LogP contribution in [0.25, 0.3) is 0 Å². The minimum atomic E-state index is -3.56. The van der Waals surface area contributed by atoms with Gasteiger partial charge >= 0.3 is 0 Å². The fourth-order valence-electron chi connectivity index (χ4n) is 3.73. The minimum absolute atomic E-state index is 0. The highest BCUT2D eigenvalue weighted by atomic mass is 35.5. The highest BCUT2D eigenvalue weighted by molar-refractivity contribution is 7.89. The van der Waals surface area contributed by atoms with Gasteiger partial charge in [-0.05, 0) is 63.4 Å². The van der Waals surface area contributed by atoms with Gasteiger partial charge in [0.1, 0.15) is 0 Å². The van der Waals surface area contributed by atoms with Gasteiger partial charge in [-0.3, -0.25) is 4.79 Å². The molecule has 0 radical (unpaired) electrons. The van der Waals surface area contributed by atoms with Gasteiger partial charge in [0.15, 0.2) is 0 Å². The average molecular weight is 388 g/mol. The lowest BCUT2D eigenvalue weighted by Gasteiger charge is -2.30. The third-order valence-electron chi connectivity index (χ3n) is 4.98. The molecule has 2 N–H and O–H groups in total. The summed E-state index contributed by atoms with van der Waals surface area (Å²) < 4.78 is 28.3. The number of fused-ring (bicyclic) bond motifs is 1. The molecule has 1 saturated heterocycles. The van der Waals surface area contributed by atoms with E-state index in [-0.39, 0.29) is 41.3 Å². The molecule has 0 aliphatic carbocycles. The Kier molecular flexibility index (Phi) is 6.14. The van der Waals surface area contributed by atoms with Crippen LogP contribution in [-0.2, 0) is 21.2 Å². The zero-order chi connectivity index (χ0) is 17.5. The van der Waals surface area contributed by atoms with Crippen molar-refractivity contribution in [2.45, 2.75) is 63.1 Å². The first-order valence-electron chi connectivity index (χ1n) is 8.48. The van der Waals surface area contributed by atoms with Gasteiger partial charge in [0, 0.05) is 30.7 Å². The Bertz CT molecular complexity index is 754. The minimum Gasteiger partial charge on any atom is -0.313 e. The highest BCUT2D eigenvalue weighted by Gasteiger charge is 2.31. The zero-order valence-electron chi connectivity index (χ0n) is 14.8. The molecule has 1 amide bonds. The maximum atomic E-state index is 12.7. The fraction of sp³-hybridized carbons (Fsp3) is 0.588. The number of carbonyl (C=O) groups excluding carboxylic acids is 1. The molecule has 2 aliphatic heterocycles. The molecule has 2 aliphatic rings. The molecule has 1 aromatic carbocycles. The topological polar surface area (TPSA) is 78.5 Å². The molecule has 25 heavy (non-hydrogen) atoms. The van der Waals surface area contributed by atoms with E-state index in [1.54, 1.807) is 23.1 Å². The standard InChI is InChI=1S/C17H25N3O3S.ClH/c1-11-9-14-10-15(6-7-17(14)20(11)13(3)21)24(22,23)19-16-5-4-8-18-12(16)2;/h6-7,10-12,16,18-19H,4-5,8-9H2,1-3H3;1H. The van der Waals surface area contributed by atoms with Crippen LogP contribution >= 0.6 is 12.4 Å². The number of carbonyl (C=O) groups is 1. The van der Waals surface area contributed by atoms with Gasteiger partial charge in [-0.1, -0.05) is 0 Å². The van der Waals surface area contributed by atoms with Crippen LogP contribution in [0.4, 0.5) is 5.69 Å². The third kappa shape index (κ3) is 4.00. The third-order valence-corrected chi connectivity index (χ3v) is 6.47.